The van der Waals surface area contributed by atoms with Gasteiger partial charge in [-0.3, -0.25) is 4.79 Å². The van der Waals surface area contributed by atoms with Gasteiger partial charge in [-0.2, -0.15) is 0 Å². The van der Waals surface area contributed by atoms with Crippen LogP contribution < -0.4 is 5.32 Å². The molecule has 1 aromatic carbocycles. The molecule has 3 nitrogen and oxygen atoms in total. The molecule has 158 valence electrons. The molecule has 0 heterocycles. The monoisotopic (exact) mass is 395 g/mol. The highest BCUT2D eigenvalue weighted by molar-refractivity contribution is 5.87. The zero-order valence-electron chi connectivity index (χ0n) is 18.1. The molecule has 4 saturated carbocycles. The maximum atomic E-state index is 12.6. The molecule has 29 heavy (non-hydrogen) atoms. The van der Waals surface area contributed by atoms with Crippen molar-refractivity contribution >= 4 is 5.78 Å². The Morgan fingerprint density at radius 2 is 1.86 bits per heavy atom. The lowest BCUT2D eigenvalue weighted by molar-refractivity contribution is -0.145. The highest BCUT2D eigenvalue weighted by Gasteiger charge is 2.61. The fourth-order valence-corrected chi connectivity index (χ4v) is 8.13. The van der Waals surface area contributed by atoms with E-state index >= 15 is 0 Å². The van der Waals surface area contributed by atoms with E-state index in [0.717, 1.165) is 44.6 Å². The summed E-state index contributed by atoms with van der Waals surface area (Å²) in [6.45, 7) is 5.62. The fraction of sp³-hybridized carbons (Fsp3) is 0.731. The van der Waals surface area contributed by atoms with E-state index in [0.29, 0.717) is 29.0 Å². The lowest BCUT2D eigenvalue weighted by Gasteiger charge is -2.61. The quantitative estimate of drug-likeness (QED) is 0.778. The molecule has 0 bridgehead atoms. The van der Waals surface area contributed by atoms with Gasteiger partial charge in [-0.15, -0.1) is 0 Å². The van der Waals surface area contributed by atoms with Gasteiger partial charge in [0.25, 0.3) is 0 Å². The Bertz CT molecular complexity index is 763. The SMILES string of the molecule is C[C@]12C[C@H](NCc3ccccc3)[C@@H](O)C[C@@H]1CC[C@@H]1[C@@H]2CC[C@]2(C)C(=O)CC[C@@H]12. The third-order valence-corrected chi connectivity index (χ3v) is 9.84. The van der Waals surface area contributed by atoms with Crippen LogP contribution in [-0.4, -0.2) is 23.0 Å². The third kappa shape index (κ3) is 3.11. The molecule has 0 aromatic heterocycles. The fourth-order valence-electron chi connectivity index (χ4n) is 8.13. The second-order valence-corrected chi connectivity index (χ2v) is 11.1. The van der Waals surface area contributed by atoms with Crippen LogP contribution in [0.15, 0.2) is 30.3 Å². The van der Waals surface area contributed by atoms with E-state index in [1.165, 1.54) is 24.8 Å². The van der Waals surface area contributed by atoms with E-state index < -0.39 is 0 Å². The van der Waals surface area contributed by atoms with Crippen molar-refractivity contribution in [1.82, 2.24) is 5.32 Å². The lowest BCUT2D eigenvalue weighted by atomic mass is 9.44. The van der Waals surface area contributed by atoms with Crippen molar-refractivity contribution in [3.63, 3.8) is 0 Å². The standard InChI is InChI=1S/C26H37NO2/c1-25-13-12-21-19(20(25)10-11-24(25)29)9-8-18-14-23(28)22(15-26(18,21)2)27-16-17-6-4-3-5-7-17/h3-7,18-23,27-28H,8-16H2,1-2H3/t18-,19-,20-,21-,22-,23-,25-,26-/m0/s1. The highest BCUT2D eigenvalue weighted by Crippen LogP contribution is 2.65. The molecule has 0 saturated heterocycles. The molecule has 1 aromatic rings. The number of aliphatic hydroxyl groups is 1. The van der Waals surface area contributed by atoms with Crippen LogP contribution >= 0.6 is 0 Å². The van der Waals surface area contributed by atoms with Crippen molar-refractivity contribution in [2.24, 2.45) is 34.5 Å². The summed E-state index contributed by atoms with van der Waals surface area (Å²) < 4.78 is 0. The summed E-state index contributed by atoms with van der Waals surface area (Å²) >= 11 is 0. The molecule has 4 fully saturated rings. The molecule has 4 aliphatic carbocycles. The molecule has 0 radical (unpaired) electrons. The molecule has 0 aliphatic heterocycles. The van der Waals surface area contributed by atoms with Crippen LogP contribution in [0.4, 0.5) is 0 Å². The minimum atomic E-state index is -0.241. The molecular formula is C26H37NO2. The van der Waals surface area contributed by atoms with E-state index in [1.54, 1.807) is 0 Å². The number of fused-ring (bicyclic) bond motifs is 5. The van der Waals surface area contributed by atoms with Crippen LogP contribution in [0.2, 0.25) is 0 Å². The van der Waals surface area contributed by atoms with Gasteiger partial charge in [0.2, 0.25) is 0 Å². The molecule has 3 heteroatoms. The van der Waals surface area contributed by atoms with Crippen LogP contribution in [0.1, 0.15) is 70.8 Å². The number of Topliss-reactive ketones (excluding diaryl/α,β-unsaturated/α-hetero) is 1. The summed E-state index contributed by atoms with van der Waals surface area (Å²) in [5.41, 5.74) is 1.54. The second-order valence-electron chi connectivity index (χ2n) is 11.1. The number of hydrogen-bond acceptors (Lipinski definition) is 3. The zero-order chi connectivity index (χ0) is 20.2. The number of aliphatic hydroxyl groups excluding tert-OH is 1. The van der Waals surface area contributed by atoms with Crippen LogP contribution in [0.25, 0.3) is 0 Å². The van der Waals surface area contributed by atoms with Gasteiger partial charge in [-0.1, -0.05) is 44.2 Å². The number of ketones is 1. The Morgan fingerprint density at radius 1 is 1.07 bits per heavy atom. The number of benzene rings is 1. The largest absolute Gasteiger partial charge is 0.391 e. The van der Waals surface area contributed by atoms with Gasteiger partial charge in [0.05, 0.1) is 6.10 Å². The van der Waals surface area contributed by atoms with E-state index in [9.17, 15) is 9.90 Å². The number of hydrogen-bond donors (Lipinski definition) is 2. The number of carbonyl (C=O) groups excluding carboxylic acids is 1. The van der Waals surface area contributed by atoms with Crippen LogP contribution in [-0.2, 0) is 11.3 Å². The predicted molar refractivity (Wildman–Crippen MR) is 115 cm³/mol. The van der Waals surface area contributed by atoms with Crippen molar-refractivity contribution in [2.45, 2.75) is 83.9 Å². The summed E-state index contributed by atoms with van der Waals surface area (Å²) in [6.07, 6.45) is 8.50. The minimum Gasteiger partial charge on any atom is -0.391 e. The van der Waals surface area contributed by atoms with Gasteiger partial charge in [0, 0.05) is 24.4 Å². The summed E-state index contributed by atoms with van der Waals surface area (Å²) in [6, 6.07) is 10.7. The highest BCUT2D eigenvalue weighted by atomic mass is 16.3. The number of carbonyl (C=O) groups is 1. The van der Waals surface area contributed by atoms with Crippen molar-refractivity contribution in [1.29, 1.82) is 0 Å². The number of nitrogens with one attached hydrogen (secondary N) is 1. The van der Waals surface area contributed by atoms with Crippen molar-refractivity contribution in [2.75, 3.05) is 0 Å². The molecule has 0 amide bonds. The first-order chi connectivity index (χ1) is 13.9. The Balaban J connectivity index is 1.34. The third-order valence-electron chi connectivity index (χ3n) is 9.84. The van der Waals surface area contributed by atoms with Gasteiger partial charge in [0.15, 0.2) is 0 Å². The predicted octanol–water partition coefficient (Wildman–Crippen LogP) is 4.73. The van der Waals surface area contributed by atoms with Crippen molar-refractivity contribution < 1.29 is 9.90 Å². The van der Waals surface area contributed by atoms with Gasteiger partial charge in [-0.05, 0) is 79.6 Å². The van der Waals surface area contributed by atoms with E-state index in [4.69, 9.17) is 0 Å². The van der Waals surface area contributed by atoms with Gasteiger partial charge < -0.3 is 10.4 Å². The van der Waals surface area contributed by atoms with Gasteiger partial charge in [0.1, 0.15) is 5.78 Å². The molecule has 0 spiro atoms. The van der Waals surface area contributed by atoms with Crippen LogP contribution in [0.3, 0.4) is 0 Å². The maximum absolute atomic E-state index is 12.6. The average molecular weight is 396 g/mol. The lowest BCUT2D eigenvalue weighted by Crippen LogP contribution is -2.59. The first-order valence-corrected chi connectivity index (χ1v) is 11.9. The normalized spacial score (nSPS) is 46.7. The molecule has 0 unspecified atom stereocenters. The van der Waals surface area contributed by atoms with Crippen molar-refractivity contribution in [3.8, 4) is 0 Å². The first kappa shape index (κ1) is 19.8. The van der Waals surface area contributed by atoms with Gasteiger partial charge >= 0.3 is 0 Å². The smallest absolute Gasteiger partial charge is 0.139 e. The molecule has 2 N–H and O–H groups in total. The van der Waals surface area contributed by atoms with E-state index in [-0.39, 0.29) is 17.6 Å². The van der Waals surface area contributed by atoms with Crippen molar-refractivity contribution in [3.05, 3.63) is 35.9 Å². The Labute approximate surface area is 175 Å². The Hall–Kier alpha value is -1.19. The summed E-state index contributed by atoms with van der Waals surface area (Å²) in [4.78, 5) is 12.6. The maximum Gasteiger partial charge on any atom is 0.139 e. The summed E-state index contributed by atoms with van der Waals surface area (Å²) in [5.74, 6) is 3.21. The topological polar surface area (TPSA) is 49.3 Å². The average Bonchev–Trinajstić information content (AvgIpc) is 3.02. The molecule has 8 atom stereocenters. The minimum absolute atomic E-state index is 0.0382. The zero-order valence-corrected chi connectivity index (χ0v) is 18.1. The van der Waals surface area contributed by atoms with E-state index in [2.05, 4.69) is 49.5 Å². The van der Waals surface area contributed by atoms with Gasteiger partial charge in [-0.25, -0.2) is 0 Å². The number of rotatable bonds is 3. The molecule has 5 rings (SSSR count). The Morgan fingerprint density at radius 3 is 2.66 bits per heavy atom. The first-order valence-electron chi connectivity index (χ1n) is 11.9. The van der Waals surface area contributed by atoms with Crippen LogP contribution in [0, 0.1) is 34.5 Å². The summed E-state index contributed by atoms with van der Waals surface area (Å²) in [7, 11) is 0. The van der Waals surface area contributed by atoms with Crippen LogP contribution in [0.5, 0.6) is 0 Å². The molecular weight excluding hydrogens is 358 g/mol. The Kier molecular flexibility index (Phi) is 4.90. The molecule has 4 aliphatic rings. The van der Waals surface area contributed by atoms with E-state index in [1.807, 2.05) is 0 Å². The second kappa shape index (κ2) is 7.20. The summed E-state index contributed by atoms with van der Waals surface area (Å²) in [5, 5.41) is 14.6.